The first-order chi connectivity index (χ1) is 6.83. The molecular formula is C12H14O2. The minimum atomic E-state index is 0.309. The molecule has 0 saturated carbocycles. The van der Waals surface area contributed by atoms with Gasteiger partial charge in [-0.2, -0.15) is 0 Å². The highest BCUT2D eigenvalue weighted by Gasteiger charge is 2.18. The molecule has 0 aliphatic carbocycles. The van der Waals surface area contributed by atoms with E-state index in [2.05, 4.69) is 13.0 Å². The van der Waals surface area contributed by atoms with Crippen molar-refractivity contribution in [2.45, 2.75) is 25.7 Å². The lowest BCUT2D eigenvalue weighted by Gasteiger charge is -2.11. The molecule has 0 radical (unpaired) electrons. The lowest BCUT2D eigenvalue weighted by Crippen LogP contribution is -1.98. The summed E-state index contributed by atoms with van der Waals surface area (Å²) in [6, 6.07) is 6.10. The normalized spacial score (nSPS) is 15.8. The predicted octanol–water partition coefficient (Wildman–Crippen LogP) is 2.31. The first kappa shape index (κ1) is 9.25. The number of hydrogen-bond acceptors (Lipinski definition) is 2. The molecule has 74 valence electrons. The van der Waals surface area contributed by atoms with Crippen LogP contribution in [0, 0.1) is 0 Å². The Morgan fingerprint density at radius 1 is 1.57 bits per heavy atom. The van der Waals surface area contributed by atoms with Gasteiger partial charge in [0, 0.05) is 18.4 Å². The van der Waals surface area contributed by atoms with E-state index >= 15 is 0 Å². The van der Waals surface area contributed by atoms with Gasteiger partial charge in [0.2, 0.25) is 0 Å². The zero-order valence-electron chi connectivity index (χ0n) is 8.32. The first-order valence-electron chi connectivity index (χ1n) is 5.01. The van der Waals surface area contributed by atoms with Gasteiger partial charge in [0.25, 0.3) is 0 Å². The second-order valence-corrected chi connectivity index (χ2v) is 3.73. The minimum Gasteiger partial charge on any atom is -0.493 e. The van der Waals surface area contributed by atoms with Crippen molar-refractivity contribution in [3.8, 4) is 5.75 Å². The fourth-order valence-corrected chi connectivity index (χ4v) is 1.98. The van der Waals surface area contributed by atoms with Crippen molar-refractivity contribution in [3.05, 3.63) is 29.3 Å². The summed E-state index contributed by atoms with van der Waals surface area (Å²) in [4.78, 5) is 10.5. The highest BCUT2D eigenvalue weighted by molar-refractivity contribution is 5.53. The van der Waals surface area contributed by atoms with Gasteiger partial charge in [0.15, 0.2) is 0 Å². The molecule has 1 aromatic carbocycles. The monoisotopic (exact) mass is 190 g/mol. The predicted molar refractivity (Wildman–Crippen MR) is 54.7 cm³/mol. The maximum absolute atomic E-state index is 10.5. The highest BCUT2D eigenvalue weighted by atomic mass is 16.5. The summed E-state index contributed by atoms with van der Waals surface area (Å²) < 4.78 is 5.48. The van der Waals surface area contributed by atoms with Crippen molar-refractivity contribution in [2.24, 2.45) is 0 Å². The molecule has 1 atom stereocenters. The van der Waals surface area contributed by atoms with Gasteiger partial charge in [0.05, 0.1) is 6.61 Å². The van der Waals surface area contributed by atoms with Gasteiger partial charge in [0.1, 0.15) is 12.0 Å². The highest BCUT2D eigenvalue weighted by Crippen LogP contribution is 2.33. The summed E-state index contributed by atoms with van der Waals surface area (Å²) in [5, 5.41) is 0. The van der Waals surface area contributed by atoms with Crippen LogP contribution in [0.25, 0.3) is 0 Å². The quantitative estimate of drug-likeness (QED) is 0.684. The van der Waals surface area contributed by atoms with Crippen LogP contribution in [0.4, 0.5) is 0 Å². The van der Waals surface area contributed by atoms with Crippen LogP contribution in [0.2, 0.25) is 0 Å². The molecule has 1 heterocycles. The summed E-state index contributed by atoms with van der Waals surface area (Å²) in [5.41, 5.74) is 2.56. The Morgan fingerprint density at radius 2 is 2.43 bits per heavy atom. The number of ether oxygens (including phenoxy) is 1. The maximum atomic E-state index is 10.5. The topological polar surface area (TPSA) is 26.3 Å². The number of hydrogen-bond donors (Lipinski definition) is 0. The molecule has 1 aliphatic rings. The fraction of sp³-hybridized carbons (Fsp3) is 0.417. The van der Waals surface area contributed by atoms with Crippen LogP contribution in [0.15, 0.2) is 18.2 Å². The van der Waals surface area contributed by atoms with Crippen molar-refractivity contribution >= 4 is 6.29 Å². The van der Waals surface area contributed by atoms with E-state index < -0.39 is 0 Å². The Hall–Kier alpha value is -1.31. The minimum absolute atomic E-state index is 0.309. The van der Waals surface area contributed by atoms with Crippen LogP contribution in [0.1, 0.15) is 30.4 Å². The molecule has 2 heteroatoms. The van der Waals surface area contributed by atoms with Crippen LogP contribution in [0.5, 0.6) is 5.75 Å². The lowest BCUT2D eigenvalue weighted by molar-refractivity contribution is -0.108. The van der Waals surface area contributed by atoms with Crippen molar-refractivity contribution in [1.82, 2.24) is 0 Å². The van der Waals surface area contributed by atoms with Crippen LogP contribution < -0.4 is 4.74 Å². The molecule has 0 saturated heterocycles. The summed E-state index contributed by atoms with van der Waals surface area (Å²) in [6.45, 7) is 2.86. The average molecular weight is 190 g/mol. The van der Waals surface area contributed by atoms with E-state index in [0.717, 1.165) is 25.1 Å². The molecule has 0 spiro atoms. The van der Waals surface area contributed by atoms with E-state index in [9.17, 15) is 4.79 Å². The second-order valence-electron chi connectivity index (χ2n) is 3.73. The molecular weight excluding hydrogens is 176 g/mol. The van der Waals surface area contributed by atoms with Gasteiger partial charge in [-0.25, -0.2) is 0 Å². The van der Waals surface area contributed by atoms with Gasteiger partial charge in [-0.15, -0.1) is 0 Å². The number of benzene rings is 1. The molecule has 0 N–H and O–H groups in total. The third-order valence-electron chi connectivity index (χ3n) is 2.76. The molecule has 1 unspecified atom stereocenters. The second kappa shape index (κ2) is 3.82. The standard InChI is InChI=1S/C12H14O2/c1-9(5-7-13)10-3-2-4-12-11(10)6-8-14-12/h2-4,7,9H,5-6,8H2,1H3. The third-order valence-corrected chi connectivity index (χ3v) is 2.76. The van der Waals surface area contributed by atoms with E-state index in [4.69, 9.17) is 4.74 Å². The van der Waals surface area contributed by atoms with Gasteiger partial charge in [-0.3, -0.25) is 0 Å². The number of aldehydes is 1. The molecule has 1 aliphatic heterocycles. The number of carbonyl (C=O) groups excluding carboxylic acids is 1. The van der Waals surface area contributed by atoms with Crippen molar-refractivity contribution < 1.29 is 9.53 Å². The van der Waals surface area contributed by atoms with E-state index in [1.807, 2.05) is 12.1 Å². The van der Waals surface area contributed by atoms with Gasteiger partial charge in [-0.05, 0) is 17.5 Å². The van der Waals surface area contributed by atoms with Crippen molar-refractivity contribution in [1.29, 1.82) is 0 Å². The molecule has 0 fully saturated rings. The summed E-state index contributed by atoms with van der Waals surface area (Å²) >= 11 is 0. The maximum Gasteiger partial charge on any atom is 0.122 e. The summed E-state index contributed by atoms with van der Waals surface area (Å²) in [7, 11) is 0. The van der Waals surface area contributed by atoms with Crippen molar-refractivity contribution in [2.75, 3.05) is 6.61 Å². The SMILES string of the molecule is CC(CC=O)c1cccc2c1CCO2. The fourth-order valence-electron chi connectivity index (χ4n) is 1.98. The molecule has 0 aromatic heterocycles. The Bertz CT molecular complexity index is 344. The van der Waals surface area contributed by atoms with E-state index in [-0.39, 0.29) is 0 Å². The van der Waals surface area contributed by atoms with E-state index in [0.29, 0.717) is 12.3 Å². The largest absolute Gasteiger partial charge is 0.493 e. The van der Waals surface area contributed by atoms with Gasteiger partial charge < -0.3 is 9.53 Å². The lowest BCUT2D eigenvalue weighted by atomic mass is 9.92. The van der Waals surface area contributed by atoms with Crippen LogP contribution in [-0.4, -0.2) is 12.9 Å². The third kappa shape index (κ3) is 1.52. The van der Waals surface area contributed by atoms with Crippen molar-refractivity contribution in [3.63, 3.8) is 0 Å². The molecule has 2 nitrogen and oxygen atoms in total. The van der Waals surface area contributed by atoms with Gasteiger partial charge in [-0.1, -0.05) is 19.1 Å². The molecule has 0 amide bonds. The summed E-state index contributed by atoms with van der Waals surface area (Å²) in [5.74, 6) is 1.31. The average Bonchev–Trinajstić information content (AvgIpc) is 2.65. The number of fused-ring (bicyclic) bond motifs is 1. The zero-order valence-corrected chi connectivity index (χ0v) is 8.32. The number of rotatable bonds is 3. The Kier molecular flexibility index (Phi) is 2.53. The zero-order chi connectivity index (χ0) is 9.97. The van der Waals surface area contributed by atoms with Crippen LogP contribution in [0.3, 0.4) is 0 Å². The Balaban J connectivity index is 2.34. The number of carbonyl (C=O) groups is 1. The molecule has 0 bridgehead atoms. The molecule has 1 aromatic rings. The van der Waals surface area contributed by atoms with Gasteiger partial charge >= 0.3 is 0 Å². The van der Waals surface area contributed by atoms with Crippen LogP contribution in [-0.2, 0) is 11.2 Å². The first-order valence-corrected chi connectivity index (χ1v) is 5.01. The van der Waals surface area contributed by atoms with E-state index in [1.165, 1.54) is 11.1 Å². The molecule has 2 rings (SSSR count). The van der Waals surface area contributed by atoms with Crippen LogP contribution >= 0.6 is 0 Å². The van der Waals surface area contributed by atoms with E-state index in [1.54, 1.807) is 0 Å². The Morgan fingerprint density at radius 3 is 3.21 bits per heavy atom. The smallest absolute Gasteiger partial charge is 0.122 e. The molecule has 14 heavy (non-hydrogen) atoms. The summed E-state index contributed by atoms with van der Waals surface area (Å²) in [6.07, 6.45) is 2.56. The Labute approximate surface area is 83.9 Å².